The molecular formula is C27H22F3N3OS. The van der Waals surface area contributed by atoms with Crippen LogP contribution in [-0.4, -0.2) is 15.5 Å². The Morgan fingerprint density at radius 2 is 1.71 bits per heavy atom. The largest absolute Gasteiger partial charge is 0.323 e. The number of carbonyl (C=O) groups is 1. The van der Waals surface area contributed by atoms with Crippen molar-refractivity contribution < 1.29 is 18.0 Å². The number of benzene rings is 2. The number of aromatic nitrogens is 1. The number of amides is 2. The number of para-hydroxylation sites is 1. The number of fused-ring (bicyclic) bond motifs is 5. The van der Waals surface area contributed by atoms with Crippen molar-refractivity contribution >= 4 is 23.1 Å². The molecule has 35 heavy (non-hydrogen) atoms. The predicted octanol–water partition coefficient (Wildman–Crippen LogP) is 6.97. The molecule has 0 spiro atoms. The third-order valence-corrected chi connectivity index (χ3v) is 8.09. The molecule has 2 aliphatic rings. The number of rotatable bonds is 2. The molecule has 2 aromatic heterocycles. The Morgan fingerprint density at radius 1 is 0.943 bits per heavy atom. The van der Waals surface area contributed by atoms with Crippen LogP contribution in [0.3, 0.4) is 0 Å². The van der Waals surface area contributed by atoms with Crippen molar-refractivity contribution in [1.29, 1.82) is 0 Å². The van der Waals surface area contributed by atoms with Crippen LogP contribution >= 0.6 is 11.3 Å². The number of anilines is 1. The molecule has 2 aromatic carbocycles. The summed E-state index contributed by atoms with van der Waals surface area (Å²) >= 11 is 1.72. The first kappa shape index (κ1) is 22.0. The van der Waals surface area contributed by atoms with Gasteiger partial charge in [0.2, 0.25) is 0 Å². The lowest BCUT2D eigenvalue weighted by Crippen LogP contribution is -2.38. The van der Waals surface area contributed by atoms with Crippen molar-refractivity contribution in [2.24, 2.45) is 0 Å². The molecule has 4 nitrogen and oxygen atoms in total. The lowest BCUT2D eigenvalue weighted by Gasteiger charge is -2.31. The fourth-order valence-corrected chi connectivity index (χ4v) is 6.62. The zero-order chi connectivity index (χ0) is 24.1. The van der Waals surface area contributed by atoms with Crippen LogP contribution in [0.5, 0.6) is 0 Å². The molecule has 8 heteroatoms. The van der Waals surface area contributed by atoms with E-state index in [2.05, 4.69) is 5.32 Å². The van der Waals surface area contributed by atoms with Gasteiger partial charge in [-0.1, -0.05) is 12.1 Å². The van der Waals surface area contributed by atoms with Crippen molar-refractivity contribution in [1.82, 2.24) is 9.47 Å². The van der Waals surface area contributed by atoms with Gasteiger partial charge in [0, 0.05) is 22.7 Å². The Hall–Kier alpha value is -3.52. The van der Waals surface area contributed by atoms with E-state index >= 15 is 0 Å². The van der Waals surface area contributed by atoms with Crippen LogP contribution in [0.4, 0.5) is 23.7 Å². The maximum Gasteiger partial charge on any atom is 0.323 e. The van der Waals surface area contributed by atoms with Crippen LogP contribution < -0.4 is 5.32 Å². The standard InChI is InChI=1S/C27H22F3N3OS/c28-17-12-16(13-18(29)14-17)25-23-9-5-11-32(23)26-20(19-6-1-4-10-24(19)35-26)15-33(25)27(34)31-22-8-3-2-7-21(22)30/h2-3,5,7-9,11-14,25H,1,4,6,10,15H2,(H,31,34)/t25-/m0/s1. The fourth-order valence-electron chi connectivity index (χ4n) is 5.22. The molecule has 6 rings (SSSR count). The first-order valence-electron chi connectivity index (χ1n) is 11.6. The minimum absolute atomic E-state index is 0.0499. The van der Waals surface area contributed by atoms with Crippen LogP contribution in [0.2, 0.25) is 0 Å². The molecular weight excluding hydrogens is 471 g/mol. The molecule has 1 aliphatic carbocycles. The van der Waals surface area contributed by atoms with Crippen LogP contribution in [0.25, 0.3) is 5.00 Å². The van der Waals surface area contributed by atoms with E-state index < -0.39 is 29.5 Å². The van der Waals surface area contributed by atoms with E-state index in [0.29, 0.717) is 5.56 Å². The average molecular weight is 494 g/mol. The van der Waals surface area contributed by atoms with E-state index in [9.17, 15) is 18.0 Å². The van der Waals surface area contributed by atoms with Crippen molar-refractivity contribution in [3.8, 4) is 5.00 Å². The molecule has 1 N–H and O–H groups in total. The van der Waals surface area contributed by atoms with Crippen molar-refractivity contribution in [2.45, 2.75) is 38.3 Å². The summed E-state index contributed by atoms with van der Waals surface area (Å²) in [5.41, 5.74) is 3.39. The van der Waals surface area contributed by atoms with E-state index in [1.165, 1.54) is 34.7 Å². The Kier molecular flexibility index (Phi) is 5.40. The molecule has 4 aromatic rings. The Balaban J connectivity index is 1.53. The van der Waals surface area contributed by atoms with E-state index in [4.69, 9.17) is 0 Å². The highest BCUT2D eigenvalue weighted by molar-refractivity contribution is 7.15. The maximum absolute atomic E-state index is 14.4. The number of aryl methyl sites for hydroxylation is 1. The topological polar surface area (TPSA) is 37.3 Å². The number of carbonyl (C=O) groups excluding carboxylic acids is 1. The molecule has 0 saturated carbocycles. The zero-order valence-electron chi connectivity index (χ0n) is 18.7. The number of halogens is 3. The first-order valence-corrected chi connectivity index (χ1v) is 12.4. The number of thiophene rings is 1. The van der Waals surface area contributed by atoms with E-state index in [0.717, 1.165) is 48.0 Å². The van der Waals surface area contributed by atoms with Crippen molar-refractivity contribution in [3.63, 3.8) is 0 Å². The van der Waals surface area contributed by atoms with Gasteiger partial charge < -0.3 is 14.8 Å². The second kappa shape index (κ2) is 8.61. The summed E-state index contributed by atoms with van der Waals surface area (Å²) in [7, 11) is 0. The first-order chi connectivity index (χ1) is 17.0. The smallest absolute Gasteiger partial charge is 0.310 e. The maximum atomic E-state index is 14.4. The molecule has 0 fully saturated rings. The second-order valence-electron chi connectivity index (χ2n) is 8.94. The minimum atomic E-state index is -0.777. The van der Waals surface area contributed by atoms with Crippen molar-refractivity contribution in [3.05, 3.63) is 106 Å². The van der Waals surface area contributed by atoms with Crippen LogP contribution in [-0.2, 0) is 19.4 Å². The van der Waals surface area contributed by atoms with Gasteiger partial charge >= 0.3 is 6.03 Å². The fraction of sp³-hybridized carbons (Fsp3) is 0.222. The minimum Gasteiger partial charge on any atom is -0.310 e. The highest BCUT2D eigenvalue weighted by Crippen LogP contribution is 2.44. The van der Waals surface area contributed by atoms with Gasteiger partial charge in [-0.2, -0.15) is 0 Å². The zero-order valence-corrected chi connectivity index (χ0v) is 19.5. The van der Waals surface area contributed by atoms with Crippen LogP contribution in [0.15, 0.2) is 60.8 Å². The van der Waals surface area contributed by atoms with Gasteiger partial charge in [-0.3, -0.25) is 0 Å². The molecule has 3 heterocycles. The van der Waals surface area contributed by atoms with Gasteiger partial charge in [0.05, 0.1) is 17.9 Å². The van der Waals surface area contributed by atoms with Gasteiger partial charge in [-0.15, -0.1) is 11.3 Å². The van der Waals surface area contributed by atoms with E-state index in [1.54, 1.807) is 28.4 Å². The van der Waals surface area contributed by atoms with Crippen molar-refractivity contribution in [2.75, 3.05) is 5.32 Å². The third kappa shape index (κ3) is 3.82. The average Bonchev–Trinajstić information content (AvgIpc) is 3.41. The number of hydrogen-bond acceptors (Lipinski definition) is 2. The summed E-state index contributed by atoms with van der Waals surface area (Å²) in [6, 6.07) is 11.7. The molecule has 0 saturated heterocycles. The summed E-state index contributed by atoms with van der Waals surface area (Å²) in [5.74, 6) is -1.99. The van der Waals surface area contributed by atoms with Gasteiger partial charge in [-0.25, -0.2) is 18.0 Å². The predicted molar refractivity (Wildman–Crippen MR) is 129 cm³/mol. The Bertz CT molecular complexity index is 1420. The molecule has 2 amide bonds. The summed E-state index contributed by atoms with van der Waals surface area (Å²) in [4.78, 5) is 16.6. The van der Waals surface area contributed by atoms with Gasteiger partial charge in [0.1, 0.15) is 28.5 Å². The SMILES string of the molecule is O=C(Nc1ccccc1F)N1Cc2c(sc3c2CCCC3)-n2cccc2[C@@H]1c1cc(F)cc(F)c1. The second-order valence-corrected chi connectivity index (χ2v) is 10.0. The number of nitrogens with zero attached hydrogens (tertiary/aromatic N) is 2. The van der Waals surface area contributed by atoms with Crippen LogP contribution in [0.1, 0.15) is 46.1 Å². The monoisotopic (exact) mass is 493 g/mol. The highest BCUT2D eigenvalue weighted by atomic mass is 32.1. The third-order valence-electron chi connectivity index (χ3n) is 6.76. The van der Waals surface area contributed by atoms with Gasteiger partial charge in [-0.05, 0) is 73.2 Å². The summed E-state index contributed by atoms with van der Waals surface area (Å²) in [6.45, 7) is 0.242. The van der Waals surface area contributed by atoms with Gasteiger partial charge in [0.15, 0.2) is 0 Å². The molecule has 0 radical (unpaired) electrons. The van der Waals surface area contributed by atoms with Gasteiger partial charge in [0.25, 0.3) is 0 Å². The summed E-state index contributed by atoms with van der Waals surface area (Å²) in [5, 5.41) is 3.71. The molecule has 1 atom stereocenters. The lowest BCUT2D eigenvalue weighted by atomic mass is 9.95. The van der Waals surface area contributed by atoms with E-state index in [-0.39, 0.29) is 12.2 Å². The quantitative estimate of drug-likeness (QED) is 0.322. The molecule has 0 unspecified atom stereocenters. The molecule has 1 aliphatic heterocycles. The lowest BCUT2D eigenvalue weighted by molar-refractivity contribution is 0.194. The Labute approximate surface area is 204 Å². The molecule has 0 bridgehead atoms. The normalized spacial score (nSPS) is 16.8. The van der Waals surface area contributed by atoms with E-state index in [1.807, 2.05) is 22.9 Å². The Morgan fingerprint density at radius 3 is 2.51 bits per heavy atom. The summed E-state index contributed by atoms with van der Waals surface area (Å²) in [6.07, 6.45) is 6.07. The van der Waals surface area contributed by atoms with Crippen LogP contribution in [0, 0.1) is 17.5 Å². The number of hydrogen-bond donors (Lipinski definition) is 1. The number of nitrogens with one attached hydrogen (secondary N) is 1. The molecule has 178 valence electrons. The highest BCUT2D eigenvalue weighted by Gasteiger charge is 2.36. The summed E-state index contributed by atoms with van der Waals surface area (Å²) < 4.78 is 45.1. The number of urea groups is 1.